The lowest BCUT2D eigenvalue weighted by atomic mass is 9.75. The third kappa shape index (κ3) is 12.1. The van der Waals surface area contributed by atoms with Gasteiger partial charge >= 0.3 is 0 Å². The second kappa shape index (κ2) is 20.9. The normalized spacial score (nSPS) is 22.9. The molecule has 0 aromatic heterocycles. The highest BCUT2D eigenvalue weighted by atomic mass is 16.7. The van der Waals surface area contributed by atoms with Crippen LogP contribution in [0.1, 0.15) is 126 Å². The number of aliphatic hydroxyl groups is 1. The Kier molecular flexibility index (Phi) is 15.1. The maximum absolute atomic E-state index is 13.9. The number of nitrogens with zero attached hydrogens (tertiary/aromatic N) is 1. The molecule has 1 saturated carbocycles. The van der Waals surface area contributed by atoms with Crippen LogP contribution in [0, 0.1) is 5.92 Å². The van der Waals surface area contributed by atoms with E-state index in [0.29, 0.717) is 68.5 Å². The molecule has 2 heterocycles. The zero-order chi connectivity index (χ0) is 43.6. The molecule has 3 fully saturated rings. The van der Waals surface area contributed by atoms with Gasteiger partial charge in [0.25, 0.3) is 0 Å². The Balaban J connectivity index is 0.991. The third-order valence-corrected chi connectivity index (χ3v) is 12.6. The third-order valence-electron chi connectivity index (χ3n) is 12.6. The number of piperidine rings is 1. The number of nitrogen functional groups attached to an aromatic ring is 1. The van der Waals surface area contributed by atoms with Crippen LogP contribution in [0.3, 0.4) is 0 Å². The fourth-order valence-electron chi connectivity index (χ4n) is 9.37. The van der Waals surface area contributed by atoms with Crippen LogP contribution in [-0.4, -0.2) is 58.0 Å². The predicted octanol–water partition coefficient (Wildman–Crippen LogP) is 8.73. The average Bonchev–Trinajstić information content (AvgIpc) is 3.27. The van der Waals surface area contributed by atoms with Crippen molar-refractivity contribution in [2.24, 2.45) is 5.92 Å². The van der Waals surface area contributed by atoms with Gasteiger partial charge in [-0.1, -0.05) is 91.7 Å². The Morgan fingerprint density at radius 3 is 2.24 bits per heavy atom. The molecule has 3 amide bonds. The minimum atomic E-state index is -0.613. The summed E-state index contributed by atoms with van der Waals surface area (Å²) >= 11 is 0. The first-order valence-electron chi connectivity index (χ1n) is 22.6. The first kappa shape index (κ1) is 45.0. The maximum atomic E-state index is 13.9. The summed E-state index contributed by atoms with van der Waals surface area (Å²) in [6, 6.07) is 31.7. The van der Waals surface area contributed by atoms with Crippen molar-refractivity contribution in [1.29, 1.82) is 0 Å². The monoisotopic (exact) mass is 843 g/mol. The summed E-state index contributed by atoms with van der Waals surface area (Å²) in [6.45, 7) is 7.17. The van der Waals surface area contributed by atoms with Gasteiger partial charge in [0, 0.05) is 49.5 Å². The molecule has 3 aliphatic rings. The minimum absolute atomic E-state index is 0.0187. The second-order valence-corrected chi connectivity index (χ2v) is 18.4. The molecular formula is C51H65N5O6. The zero-order valence-electron chi connectivity index (χ0n) is 36.6. The van der Waals surface area contributed by atoms with E-state index >= 15 is 0 Å². The van der Waals surface area contributed by atoms with Crippen LogP contribution < -0.4 is 21.7 Å². The maximum Gasteiger partial charge on any atom is 0.237 e. The van der Waals surface area contributed by atoms with E-state index in [1.54, 1.807) is 12.1 Å². The zero-order valence-corrected chi connectivity index (χ0v) is 36.6. The van der Waals surface area contributed by atoms with Crippen LogP contribution in [0.25, 0.3) is 11.1 Å². The summed E-state index contributed by atoms with van der Waals surface area (Å²) < 4.78 is 13.6. The van der Waals surface area contributed by atoms with Gasteiger partial charge in [-0.25, -0.2) is 0 Å². The van der Waals surface area contributed by atoms with Crippen molar-refractivity contribution in [2.75, 3.05) is 17.6 Å². The van der Waals surface area contributed by atoms with Crippen molar-refractivity contribution in [3.05, 3.63) is 119 Å². The van der Waals surface area contributed by atoms with Crippen molar-refractivity contribution in [3.63, 3.8) is 0 Å². The molecule has 11 nitrogen and oxygen atoms in total. The van der Waals surface area contributed by atoms with E-state index in [2.05, 4.69) is 57.2 Å². The van der Waals surface area contributed by atoms with E-state index in [4.69, 9.17) is 15.2 Å². The number of fused-ring (bicyclic) bond motifs is 1. The summed E-state index contributed by atoms with van der Waals surface area (Å²) in [4.78, 5) is 41.4. The Morgan fingerprint density at radius 1 is 0.774 bits per heavy atom. The molecule has 7 rings (SSSR count). The highest BCUT2D eigenvalue weighted by molar-refractivity contribution is 5.93. The van der Waals surface area contributed by atoms with Crippen molar-refractivity contribution < 1.29 is 29.0 Å². The van der Waals surface area contributed by atoms with Crippen LogP contribution in [0.2, 0.25) is 0 Å². The highest BCUT2D eigenvalue weighted by Crippen LogP contribution is 2.42. The molecule has 0 unspecified atom stereocenters. The fraction of sp³-hybridized carbons (Fsp3) is 0.471. The molecular weight excluding hydrogens is 779 g/mol. The molecule has 0 radical (unpaired) electrons. The molecule has 62 heavy (non-hydrogen) atoms. The summed E-state index contributed by atoms with van der Waals surface area (Å²) in [5.74, 6) is 0.531. The SMILES string of the molecule is CC(C)(C)NC(=O)[C@H]1CC[C@H]2CCCC[C@H]2N1C[C@@H]1C[C@H](c2ccc(CO)cc2)O[C@H](c2ccc(-c3cccc(CNC(=O)CCCCC(=O)Nc4ccccc4N)c3)cc2)O1. The number of carbonyl (C=O) groups is 3. The quantitative estimate of drug-likeness (QED) is 0.0588. The number of rotatable bonds is 15. The van der Waals surface area contributed by atoms with Gasteiger partial charge in [-0.2, -0.15) is 0 Å². The second-order valence-electron chi connectivity index (χ2n) is 18.4. The Hall–Kier alpha value is -5.07. The van der Waals surface area contributed by atoms with E-state index < -0.39 is 6.29 Å². The molecule has 2 saturated heterocycles. The molecule has 4 aromatic carbocycles. The number of hydrogen-bond donors (Lipinski definition) is 5. The average molecular weight is 844 g/mol. The van der Waals surface area contributed by atoms with Crippen LogP contribution in [-0.2, 0) is 37.0 Å². The summed E-state index contributed by atoms with van der Waals surface area (Å²) in [7, 11) is 0. The number of para-hydroxylation sites is 2. The topological polar surface area (TPSA) is 155 Å². The van der Waals surface area contributed by atoms with Crippen molar-refractivity contribution in [1.82, 2.24) is 15.5 Å². The number of nitrogens with one attached hydrogen (secondary N) is 3. The molecule has 4 aromatic rings. The van der Waals surface area contributed by atoms with Gasteiger partial charge in [-0.3, -0.25) is 19.3 Å². The number of ether oxygens (including phenoxy) is 2. The number of nitrogens with two attached hydrogens (primary N) is 1. The summed E-state index contributed by atoms with van der Waals surface area (Å²) in [5, 5.41) is 18.9. The van der Waals surface area contributed by atoms with E-state index in [1.165, 1.54) is 19.3 Å². The van der Waals surface area contributed by atoms with Gasteiger partial charge in [-0.05, 0) is 111 Å². The van der Waals surface area contributed by atoms with Gasteiger partial charge < -0.3 is 36.3 Å². The Labute approximate surface area is 367 Å². The van der Waals surface area contributed by atoms with Gasteiger partial charge in [0.15, 0.2) is 6.29 Å². The van der Waals surface area contributed by atoms with Gasteiger partial charge in [-0.15, -0.1) is 0 Å². The Bertz CT molecular complexity index is 2120. The van der Waals surface area contributed by atoms with Crippen molar-refractivity contribution >= 4 is 29.1 Å². The number of aliphatic hydroxyl groups excluding tert-OH is 1. The number of anilines is 2. The molecule has 11 heteroatoms. The lowest BCUT2D eigenvalue weighted by Crippen LogP contribution is -2.61. The number of carbonyl (C=O) groups excluding carboxylic acids is 3. The highest BCUT2D eigenvalue weighted by Gasteiger charge is 2.44. The van der Waals surface area contributed by atoms with E-state index in [-0.39, 0.29) is 48.1 Å². The van der Waals surface area contributed by atoms with Crippen LogP contribution >= 0.6 is 0 Å². The predicted molar refractivity (Wildman–Crippen MR) is 243 cm³/mol. The first-order chi connectivity index (χ1) is 29.9. The fourth-order valence-corrected chi connectivity index (χ4v) is 9.37. The molecule has 2 aliphatic heterocycles. The van der Waals surface area contributed by atoms with Crippen LogP contribution in [0.15, 0.2) is 97.1 Å². The minimum Gasteiger partial charge on any atom is -0.397 e. The molecule has 6 N–H and O–H groups in total. The molecule has 0 spiro atoms. The number of unbranched alkanes of at least 4 members (excludes halogenated alkanes) is 1. The number of hydrogen-bond acceptors (Lipinski definition) is 8. The standard InChI is InChI=1S/C51H65N5O6/c1-51(2,3)55-49(60)45-28-27-37-12-4-7-16-44(37)56(45)32-41-30-46(38-21-19-34(33-57)20-22-38)62-50(61-41)39-25-23-36(24-26-39)40-13-10-11-35(29-40)31-53-47(58)17-8-9-18-48(59)54-43-15-6-5-14-42(43)52/h5-6,10-11,13-15,19-26,29,37,41,44-46,50,57H,4,7-9,12,16-18,27-28,30-33,52H2,1-3H3,(H,53,58)(H,54,59)(H,55,60)/t37-,41+,44-,45-,46-,50-/m1/s1. The van der Waals surface area contributed by atoms with E-state index in [9.17, 15) is 19.5 Å². The van der Waals surface area contributed by atoms with Gasteiger partial charge in [0.1, 0.15) is 0 Å². The van der Waals surface area contributed by atoms with Gasteiger partial charge in [0.2, 0.25) is 17.7 Å². The lowest BCUT2D eigenvalue weighted by molar-refractivity contribution is -0.255. The molecule has 6 atom stereocenters. The number of benzene rings is 4. The van der Waals surface area contributed by atoms with E-state index in [0.717, 1.165) is 52.6 Å². The van der Waals surface area contributed by atoms with Crippen molar-refractivity contribution in [2.45, 2.75) is 141 Å². The smallest absolute Gasteiger partial charge is 0.237 e. The molecule has 1 aliphatic carbocycles. The largest absolute Gasteiger partial charge is 0.397 e. The summed E-state index contributed by atoms with van der Waals surface area (Å²) in [6.07, 6.45) is 8.19. The first-order valence-corrected chi connectivity index (χ1v) is 22.6. The molecule has 330 valence electrons. The number of likely N-dealkylation sites (tertiary alicyclic amines) is 1. The number of amides is 3. The van der Waals surface area contributed by atoms with Crippen LogP contribution in [0.5, 0.6) is 0 Å². The lowest BCUT2D eigenvalue weighted by Gasteiger charge is -2.50. The van der Waals surface area contributed by atoms with Gasteiger partial charge in [0.05, 0.1) is 36.2 Å². The molecule has 0 bridgehead atoms. The summed E-state index contributed by atoms with van der Waals surface area (Å²) in [5.41, 5.74) is 12.6. The van der Waals surface area contributed by atoms with Crippen molar-refractivity contribution in [3.8, 4) is 11.1 Å². The van der Waals surface area contributed by atoms with Crippen LogP contribution in [0.4, 0.5) is 11.4 Å². The van der Waals surface area contributed by atoms with E-state index in [1.807, 2.05) is 69.3 Å². The Morgan fingerprint density at radius 2 is 1.50 bits per heavy atom.